The molecule has 4 heteroatoms. The smallest absolute Gasteiger partial charge is 0.201 e. The van der Waals surface area contributed by atoms with Crippen LogP contribution in [0.1, 0.15) is 196 Å². The van der Waals surface area contributed by atoms with Crippen LogP contribution in [0.2, 0.25) is 0 Å². The van der Waals surface area contributed by atoms with E-state index < -0.39 is 17.7 Å². The summed E-state index contributed by atoms with van der Waals surface area (Å²) >= 11 is 0. The third-order valence-corrected chi connectivity index (χ3v) is 17.7. The van der Waals surface area contributed by atoms with Gasteiger partial charge in [0.1, 0.15) is 28.2 Å². The highest BCUT2D eigenvalue weighted by Gasteiger charge is 2.54. The summed E-state index contributed by atoms with van der Waals surface area (Å²) in [7, 11) is 8.43. The average Bonchev–Trinajstić information content (AvgIpc) is 1.97. The van der Waals surface area contributed by atoms with Crippen molar-refractivity contribution in [2.75, 3.05) is 0 Å². The molecule has 1 saturated carbocycles. The van der Waals surface area contributed by atoms with Crippen LogP contribution in [-0.2, 0) is 28.2 Å². The SMILES string of the molecule is CCC(CC)c1c[n+](C)c(-c2ccccc2C)cc1C.CCC(CC)c1ccc(-c2ccccc2C)[n+](C)c1.[2H]C(CC)(CC)c1ccc(-c2ccccc2C)[n+](C)c1.[2H]C12CCC([2H])(c3c1cc[n+](C)c3-c1ccccc1C)C2(C)C. The first-order chi connectivity index (χ1) is 39.0. The van der Waals surface area contributed by atoms with Crippen LogP contribution in [0.15, 0.2) is 158 Å². The number of hydrogen-bond acceptors (Lipinski definition) is 0. The van der Waals surface area contributed by atoms with Crippen molar-refractivity contribution in [3.63, 3.8) is 0 Å². The summed E-state index contributed by atoms with van der Waals surface area (Å²) in [6.45, 7) is 28.4. The van der Waals surface area contributed by atoms with Gasteiger partial charge in [-0.1, -0.05) is 128 Å². The van der Waals surface area contributed by atoms with Gasteiger partial charge in [0.2, 0.25) is 22.8 Å². The molecule has 10 rings (SSSR count). The van der Waals surface area contributed by atoms with E-state index in [1.54, 1.807) is 0 Å². The topological polar surface area (TPSA) is 15.5 Å². The largest absolute Gasteiger partial charge is 0.216 e. The second-order valence-corrected chi connectivity index (χ2v) is 23.0. The number of nitrogens with zero attached hydrogens (tertiary/aromatic N) is 4. The zero-order chi connectivity index (χ0) is 59.9. The number of benzene rings is 4. The van der Waals surface area contributed by atoms with Gasteiger partial charge in [-0.25, -0.2) is 18.3 Å². The Kier molecular flexibility index (Phi) is 19.1. The highest BCUT2D eigenvalue weighted by atomic mass is 14.9. The summed E-state index contributed by atoms with van der Waals surface area (Å²) in [5.41, 5.74) is 22.4. The Labute approximate surface area is 483 Å². The second kappa shape index (κ2) is 27.1. The fraction of sp³-hybridized carbons (Fsp3) is 0.413. The number of rotatable bonds is 13. The summed E-state index contributed by atoms with van der Waals surface area (Å²) < 4.78 is 35.8. The predicted octanol–water partition coefficient (Wildman–Crippen LogP) is 18.0. The van der Waals surface area contributed by atoms with E-state index in [4.69, 9.17) is 2.74 Å². The van der Waals surface area contributed by atoms with E-state index in [1.165, 1.54) is 104 Å². The third kappa shape index (κ3) is 13.2. The van der Waals surface area contributed by atoms with Crippen LogP contribution >= 0.6 is 0 Å². The van der Waals surface area contributed by atoms with E-state index >= 15 is 0 Å². The number of fused-ring (bicyclic) bond motifs is 5. The van der Waals surface area contributed by atoms with Crippen LogP contribution in [0, 0.1) is 40.0 Å². The van der Waals surface area contributed by atoms with Crippen molar-refractivity contribution in [1.29, 1.82) is 0 Å². The van der Waals surface area contributed by atoms with Crippen LogP contribution in [-0.4, -0.2) is 0 Å². The second-order valence-electron chi connectivity index (χ2n) is 23.0. The van der Waals surface area contributed by atoms with Crippen LogP contribution in [0.4, 0.5) is 0 Å². The summed E-state index contributed by atoms with van der Waals surface area (Å²) in [6, 6.07) is 47.2. The molecule has 0 aliphatic heterocycles. The van der Waals surface area contributed by atoms with Gasteiger partial charge in [0, 0.05) is 72.9 Å². The molecule has 1 fully saturated rings. The zero-order valence-electron chi connectivity index (χ0n) is 54.6. The van der Waals surface area contributed by atoms with Crippen molar-refractivity contribution in [2.24, 2.45) is 33.6 Å². The first-order valence-electron chi connectivity index (χ1n) is 31.3. The Hall–Kier alpha value is -6.52. The molecule has 2 aliphatic carbocycles. The summed E-state index contributed by atoms with van der Waals surface area (Å²) in [6.07, 6.45) is 16.9. The van der Waals surface area contributed by atoms with Gasteiger partial charge in [-0.3, -0.25) is 0 Å². The molecule has 0 spiro atoms. The van der Waals surface area contributed by atoms with Crippen molar-refractivity contribution >= 4 is 0 Å². The molecule has 4 heterocycles. The average molecular weight is 1060 g/mol. The maximum Gasteiger partial charge on any atom is 0.216 e. The molecule has 4 nitrogen and oxygen atoms in total. The number of aromatic nitrogens is 4. The Bertz CT molecular complexity index is 3490. The molecule has 2 atom stereocenters. The molecule has 0 radical (unpaired) electrons. The normalized spacial score (nSPS) is 17.3. The van der Waals surface area contributed by atoms with Crippen molar-refractivity contribution in [3.8, 4) is 45.0 Å². The first-order valence-corrected chi connectivity index (χ1v) is 29.8. The van der Waals surface area contributed by atoms with Crippen molar-refractivity contribution in [3.05, 3.63) is 214 Å². The summed E-state index contributed by atoms with van der Waals surface area (Å²) in [5, 5.41) is 0. The lowest BCUT2D eigenvalue weighted by molar-refractivity contribution is -0.661. The lowest BCUT2D eigenvalue weighted by Gasteiger charge is -2.24. The van der Waals surface area contributed by atoms with Gasteiger partial charge >= 0.3 is 0 Å². The molecule has 414 valence electrons. The maximum absolute atomic E-state index is 9.30. The molecule has 2 unspecified atom stereocenters. The predicted molar refractivity (Wildman–Crippen MR) is 334 cm³/mol. The zero-order valence-corrected chi connectivity index (χ0v) is 51.6. The molecule has 0 N–H and O–H groups in total. The molecule has 8 aromatic rings. The van der Waals surface area contributed by atoms with Crippen LogP contribution < -0.4 is 18.3 Å². The van der Waals surface area contributed by atoms with E-state index in [1.807, 2.05) is 0 Å². The molecule has 2 bridgehead atoms. The Balaban J connectivity index is 0.000000158. The van der Waals surface area contributed by atoms with E-state index in [9.17, 15) is 1.37 Å². The number of aryl methyl sites for hydroxylation is 9. The van der Waals surface area contributed by atoms with Gasteiger partial charge in [0.15, 0.2) is 24.8 Å². The lowest BCUT2D eigenvalue weighted by Crippen LogP contribution is -2.33. The number of hydrogen-bond donors (Lipinski definition) is 0. The minimum Gasteiger partial charge on any atom is -0.201 e. The fourth-order valence-electron chi connectivity index (χ4n) is 12.8. The monoisotopic (exact) mass is 1060 g/mol. The molecule has 79 heavy (non-hydrogen) atoms. The van der Waals surface area contributed by atoms with Crippen molar-refractivity contribution in [2.45, 2.75) is 171 Å². The highest BCUT2D eigenvalue weighted by molar-refractivity contribution is 5.69. The standard InChI is InChI=1S/C20H24N.C19H26N.2C18H24N/c1-13-7-5-6-8-14(13)19-18-15(11-12-21(19)4)16-9-10-17(18)20(16,2)3;1-6-16(7-2)18-13-20(5)19(12-15(18)4)17-11-9-8-10-14(17)3;2*1-5-15(6-2)16-11-12-18(19(4)13-16)17-10-8-7-9-14(17)3/h5-8,11-12,16-17H,9-10H2,1-4H3;8-13,16H,6-7H2,1-5H3;2*7-13,15H,5-6H2,1-4H3/q4*+1/i16D,17D;;15D;. The van der Waals surface area contributed by atoms with Crippen LogP contribution in [0.3, 0.4) is 0 Å². The van der Waals surface area contributed by atoms with Gasteiger partial charge in [-0.05, 0) is 191 Å². The first kappa shape index (κ1) is 55.8. The summed E-state index contributed by atoms with van der Waals surface area (Å²) in [5.74, 6) is -0.442. The minimum atomic E-state index is -0.680. The highest BCUT2D eigenvalue weighted by Crippen LogP contribution is 2.65. The molecule has 4 aromatic heterocycles. The molecule has 0 amide bonds. The Morgan fingerprint density at radius 2 is 0.873 bits per heavy atom. The lowest BCUT2D eigenvalue weighted by atomic mass is 9.79. The van der Waals surface area contributed by atoms with E-state index in [2.05, 4.69) is 295 Å². The Morgan fingerprint density at radius 1 is 0.456 bits per heavy atom. The van der Waals surface area contributed by atoms with Crippen LogP contribution in [0.5, 0.6) is 0 Å². The molecule has 2 aliphatic rings. The van der Waals surface area contributed by atoms with E-state index in [0.29, 0.717) is 11.8 Å². The quantitative estimate of drug-likeness (QED) is 0.102. The van der Waals surface area contributed by atoms with E-state index in [0.717, 1.165) is 48.1 Å². The molecular weight excluding hydrogens is 957 g/mol. The van der Waals surface area contributed by atoms with Crippen molar-refractivity contribution < 1.29 is 22.4 Å². The maximum atomic E-state index is 9.30. The molecular formula is C75H98N4+4. The van der Waals surface area contributed by atoms with E-state index in [-0.39, 0.29) is 5.41 Å². The Morgan fingerprint density at radius 3 is 1.33 bits per heavy atom. The number of pyridine rings is 4. The van der Waals surface area contributed by atoms with Gasteiger partial charge in [0.05, 0.1) is 0 Å². The van der Waals surface area contributed by atoms with Gasteiger partial charge in [0.25, 0.3) is 0 Å². The van der Waals surface area contributed by atoms with Crippen LogP contribution in [0.25, 0.3) is 45.0 Å². The minimum absolute atomic E-state index is 0.367. The van der Waals surface area contributed by atoms with Gasteiger partial charge in [-0.15, -0.1) is 0 Å². The molecule has 4 aromatic carbocycles. The van der Waals surface area contributed by atoms with Gasteiger partial charge in [-0.2, -0.15) is 0 Å². The van der Waals surface area contributed by atoms with Crippen molar-refractivity contribution in [1.82, 2.24) is 0 Å². The summed E-state index contributed by atoms with van der Waals surface area (Å²) in [4.78, 5) is 0. The fourth-order valence-corrected chi connectivity index (χ4v) is 12.8. The molecule has 0 saturated heterocycles. The van der Waals surface area contributed by atoms with Gasteiger partial charge < -0.3 is 0 Å². The third-order valence-electron chi connectivity index (χ3n) is 17.7.